The molecule has 1 aromatic carbocycles. The second-order valence-corrected chi connectivity index (χ2v) is 6.68. The fourth-order valence-corrected chi connectivity index (χ4v) is 3.29. The Labute approximate surface area is 139 Å². The topological polar surface area (TPSA) is 51.1 Å². The number of hydrogen-bond acceptors (Lipinski definition) is 3. The van der Waals surface area contributed by atoms with Crippen LogP contribution in [0, 0.1) is 0 Å². The molecule has 5 heteroatoms. The van der Waals surface area contributed by atoms with Gasteiger partial charge in [-0.25, -0.2) is 4.99 Å². The van der Waals surface area contributed by atoms with Crippen LogP contribution in [0.4, 0.5) is 5.69 Å². The summed E-state index contributed by atoms with van der Waals surface area (Å²) in [6.45, 7) is 4.05. The van der Waals surface area contributed by atoms with E-state index in [1.807, 2.05) is 18.2 Å². The quantitative estimate of drug-likeness (QED) is 0.500. The van der Waals surface area contributed by atoms with Gasteiger partial charge in [-0.15, -0.1) is 0 Å². The van der Waals surface area contributed by atoms with Crippen molar-refractivity contribution in [3.8, 4) is 5.75 Å². The molecule has 2 fully saturated rings. The summed E-state index contributed by atoms with van der Waals surface area (Å²) in [6, 6.07) is 7.81. The Morgan fingerprint density at radius 1 is 1.09 bits per heavy atom. The van der Waals surface area contributed by atoms with E-state index in [2.05, 4.69) is 22.2 Å². The van der Waals surface area contributed by atoms with Gasteiger partial charge in [0.25, 0.3) is 0 Å². The fourth-order valence-electron chi connectivity index (χ4n) is 3.29. The van der Waals surface area contributed by atoms with Gasteiger partial charge in [-0.1, -0.05) is 31.4 Å². The third-order valence-corrected chi connectivity index (χ3v) is 4.83. The van der Waals surface area contributed by atoms with Crippen LogP contribution in [0.2, 0.25) is 0 Å². The lowest BCUT2D eigenvalue weighted by Crippen LogP contribution is -2.49. The average Bonchev–Trinajstić information content (AvgIpc) is 2.58. The predicted molar refractivity (Wildman–Crippen MR) is 95.1 cm³/mol. The van der Waals surface area contributed by atoms with Gasteiger partial charge < -0.3 is 20.2 Å². The number of nitrogens with one attached hydrogen (secondary N) is 1. The summed E-state index contributed by atoms with van der Waals surface area (Å²) < 4.78 is 0. The number of phenols is 1. The van der Waals surface area contributed by atoms with Crippen molar-refractivity contribution in [2.75, 3.05) is 38.5 Å². The first-order valence-corrected chi connectivity index (χ1v) is 8.78. The zero-order chi connectivity index (χ0) is 16.1. The van der Waals surface area contributed by atoms with Gasteiger partial charge in [0.05, 0.1) is 11.7 Å². The molecule has 1 saturated heterocycles. The Morgan fingerprint density at radius 3 is 2.48 bits per heavy atom. The number of aromatic hydroxyl groups is 1. The molecule has 2 aliphatic rings. The van der Waals surface area contributed by atoms with E-state index in [0.29, 0.717) is 6.04 Å². The van der Waals surface area contributed by atoms with Crippen LogP contribution in [0.3, 0.4) is 0 Å². The molecule has 1 aromatic rings. The maximum absolute atomic E-state index is 10.1. The summed E-state index contributed by atoms with van der Waals surface area (Å²) in [5.41, 5.74) is 0.737. The molecule has 1 heterocycles. The largest absolute Gasteiger partial charge is 0.506 e. The van der Waals surface area contributed by atoms with Crippen molar-refractivity contribution in [1.29, 1.82) is 0 Å². The van der Waals surface area contributed by atoms with E-state index in [1.165, 1.54) is 32.1 Å². The summed E-state index contributed by atoms with van der Waals surface area (Å²) in [7, 11) is 2.16. The third-order valence-electron chi connectivity index (χ3n) is 4.83. The van der Waals surface area contributed by atoms with Crippen molar-refractivity contribution >= 4 is 11.6 Å². The van der Waals surface area contributed by atoms with E-state index in [-0.39, 0.29) is 5.75 Å². The zero-order valence-corrected chi connectivity index (χ0v) is 14.0. The number of anilines is 1. The van der Waals surface area contributed by atoms with Gasteiger partial charge in [-0.05, 0) is 32.0 Å². The molecule has 0 unspecified atom stereocenters. The van der Waals surface area contributed by atoms with Crippen molar-refractivity contribution in [2.24, 2.45) is 4.99 Å². The van der Waals surface area contributed by atoms with Gasteiger partial charge in [0.15, 0.2) is 5.96 Å². The summed E-state index contributed by atoms with van der Waals surface area (Å²) in [5.74, 6) is 1.20. The molecule has 0 bridgehead atoms. The van der Waals surface area contributed by atoms with Gasteiger partial charge in [-0.3, -0.25) is 0 Å². The number of aliphatic imine (C=N–C) groups is 1. The van der Waals surface area contributed by atoms with Crippen LogP contribution in [0.25, 0.3) is 0 Å². The molecular formula is C18H28N4O. The number of hydrogen-bond donors (Lipinski definition) is 2. The average molecular weight is 316 g/mol. The van der Waals surface area contributed by atoms with Crippen LogP contribution in [-0.4, -0.2) is 60.1 Å². The van der Waals surface area contributed by atoms with Crippen molar-refractivity contribution in [3.05, 3.63) is 24.3 Å². The van der Waals surface area contributed by atoms with E-state index in [0.717, 1.165) is 37.8 Å². The first kappa shape index (κ1) is 16.1. The van der Waals surface area contributed by atoms with Crippen molar-refractivity contribution < 1.29 is 5.11 Å². The highest BCUT2D eigenvalue weighted by molar-refractivity contribution is 5.95. The molecule has 0 spiro atoms. The molecule has 0 atom stereocenters. The maximum Gasteiger partial charge on any atom is 0.198 e. The Bertz CT molecular complexity index is 532. The monoisotopic (exact) mass is 316 g/mol. The van der Waals surface area contributed by atoms with Crippen molar-refractivity contribution in [2.45, 2.75) is 38.1 Å². The SMILES string of the molecule is CN1CCN(C(=NC2CCCCC2)Nc2ccccc2O)CC1. The lowest BCUT2D eigenvalue weighted by molar-refractivity contribution is 0.214. The van der Waals surface area contributed by atoms with Crippen molar-refractivity contribution in [3.63, 3.8) is 0 Å². The number of para-hydroxylation sites is 2. The van der Waals surface area contributed by atoms with Crippen LogP contribution in [0.5, 0.6) is 5.75 Å². The Morgan fingerprint density at radius 2 is 1.78 bits per heavy atom. The second-order valence-electron chi connectivity index (χ2n) is 6.68. The lowest BCUT2D eigenvalue weighted by atomic mass is 9.96. The summed E-state index contributed by atoms with van der Waals surface area (Å²) in [4.78, 5) is 9.68. The second kappa shape index (κ2) is 7.68. The minimum Gasteiger partial charge on any atom is -0.506 e. The molecule has 1 aliphatic carbocycles. The highest BCUT2D eigenvalue weighted by Gasteiger charge is 2.21. The molecule has 5 nitrogen and oxygen atoms in total. The molecule has 3 rings (SSSR count). The molecular weight excluding hydrogens is 288 g/mol. The van der Waals surface area contributed by atoms with Crippen LogP contribution in [0.1, 0.15) is 32.1 Å². The van der Waals surface area contributed by atoms with E-state index in [1.54, 1.807) is 6.07 Å². The number of benzene rings is 1. The maximum atomic E-state index is 10.1. The predicted octanol–water partition coefficient (Wildman–Crippen LogP) is 2.74. The van der Waals surface area contributed by atoms with Gasteiger partial charge in [-0.2, -0.15) is 0 Å². The molecule has 0 aromatic heterocycles. The highest BCUT2D eigenvalue weighted by Crippen LogP contribution is 2.24. The standard InChI is InChI=1S/C18H28N4O/c1-21-11-13-22(14-12-21)18(19-15-7-3-2-4-8-15)20-16-9-5-6-10-17(16)23/h5-6,9-10,15,23H,2-4,7-8,11-14H2,1H3,(H,19,20). The molecule has 1 saturated carbocycles. The Kier molecular flexibility index (Phi) is 5.39. The molecule has 0 amide bonds. The minimum absolute atomic E-state index is 0.276. The van der Waals surface area contributed by atoms with Gasteiger partial charge in [0.2, 0.25) is 0 Å². The molecule has 23 heavy (non-hydrogen) atoms. The van der Waals surface area contributed by atoms with Crippen LogP contribution < -0.4 is 5.32 Å². The van der Waals surface area contributed by atoms with E-state index < -0.39 is 0 Å². The number of likely N-dealkylation sites (N-methyl/N-ethyl adjacent to an activating group) is 1. The molecule has 2 N–H and O–H groups in total. The highest BCUT2D eigenvalue weighted by atomic mass is 16.3. The van der Waals surface area contributed by atoms with Crippen LogP contribution >= 0.6 is 0 Å². The first-order chi connectivity index (χ1) is 11.2. The van der Waals surface area contributed by atoms with Gasteiger partial charge in [0, 0.05) is 26.2 Å². The Balaban J connectivity index is 1.77. The molecule has 126 valence electrons. The molecule has 0 radical (unpaired) electrons. The summed E-state index contributed by atoms with van der Waals surface area (Å²) in [5, 5.41) is 13.4. The fraction of sp³-hybridized carbons (Fsp3) is 0.611. The number of guanidine groups is 1. The van der Waals surface area contributed by atoms with Gasteiger partial charge in [0.1, 0.15) is 5.75 Å². The lowest BCUT2D eigenvalue weighted by Gasteiger charge is -2.35. The first-order valence-electron chi connectivity index (χ1n) is 8.78. The summed E-state index contributed by atoms with van der Waals surface area (Å²) in [6.07, 6.45) is 6.25. The van der Waals surface area contributed by atoms with E-state index in [9.17, 15) is 5.11 Å². The third kappa shape index (κ3) is 4.38. The Hall–Kier alpha value is -1.75. The minimum atomic E-state index is 0.276. The van der Waals surface area contributed by atoms with Gasteiger partial charge >= 0.3 is 0 Å². The van der Waals surface area contributed by atoms with E-state index >= 15 is 0 Å². The van der Waals surface area contributed by atoms with E-state index in [4.69, 9.17) is 4.99 Å². The normalized spacial score (nSPS) is 21.4. The van der Waals surface area contributed by atoms with Crippen molar-refractivity contribution in [1.82, 2.24) is 9.80 Å². The zero-order valence-electron chi connectivity index (χ0n) is 14.0. The number of piperazine rings is 1. The number of rotatable bonds is 2. The smallest absolute Gasteiger partial charge is 0.198 e. The number of phenolic OH excluding ortho intramolecular Hbond substituents is 1. The number of nitrogens with zero attached hydrogens (tertiary/aromatic N) is 3. The molecule has 1 aliphatic heterocycles. The summed E-state index contributed by atoms with van der Waals surface area (Å²) >= 11 is 0. The van der Waals surface area contributed by atoms with Crippen LogP contribution in [-0.2, 0) is 0 Å². The van der Waals surface area contributed by atoms with Crippen LogP contribution in [0.15, 0.2) is 29.3 Å².